The van der Waals surface area contributed by atoms with E-state index < -0.39 is 15.8 Å². The van der Waals surface area contributed by atoms with Crippen LogP contribution in [0.1, 0.15) is 25.7 Å². The first kappa shape index (κ1) is 11.4. The largest absolute Gasteiger partial charge is 0.326 e. The molecule has 1 saturated carbocycles. The lowest BCUT2D eigenvalue weighted by Crippen LogP contribution is -2.49. The molecule has 0 aromatic carbocycles. The molecule has 1 fully saturated rings. The molecule has 2 atom stereocenters. The summed E-state index contributed by atoms with van der Waals surface area (Å²) in [6.07, 6.45) is 3.66. The van der Waals surface area contributed by atoms with Crippen LogP contribution in [0, 0.1) is 11.3 Å². The molecule has 0 aromatic rings. The number of hydrogen-bond donors (Lipinski definition) is 2. The average Bonchev–Trinajstić information content (AvgIpc) is 2.08. The van der Waals surface area contributed by atoms with Gasteiger partial charge in [0.2, 0.25) is 10.0 Å². The summed E-state index contributed by atoms with van der Waals surface area (Å²) in [5.74, 6) is -0.490. The van der Waals surface area contributed by atoms with E-state index in [9.17, 15) is 8.42 Å². The summed E-state index contributed by atoms with van der Waals surface area (Å²) in [6, 6.07) is 1.31. The second kappa shape index (κ2) is 4.73. The summed E-state index contributed by atoms with van der Waals surface area (Å²) in [6.45, 7) is 0. The summed E-state index contributed by atoms with van der Waals surface area (Å²) in [5.41, 5.74) is 5.77. The number of rotatable bonds is 3. The Morgan fingerprint density at radius 3 is 2.64 bits per heavy atom. The van der Waals surface area contributed by atoms with Crippen molar-refractivity contribution < 1.29 is 8.42 Å². The van der Waals surface area contributed by atoms with Gasteiger partial charge in [0.25, 0.3) is 0 Å². The van der Waals surface area contributed by atoms with Gasteiger partial charge < -0.3 is 5.73 Å². The van der Waals surface area contributed by atoms with Gasteiger partial charge in [-0.05, 0) is 12.8 Å². The maximum Gasteiger partial charge on any atom is 0.225 e. The number of sulfonamides is 1. The molecule has 1 rings (SSSR count). The fourth-order valence-corrected chi connectivity index (χ4v) is 2.67. The van der Waals surface area contributed by atoms with Crippen molar-refractivity contribution in [2.24, 2.45) is 5.73 Å². The third-order valence-corrected chi connectivity index (χ3v) is 3.58. The highest BCUT2D eigenvalue weighted by molar-refractivity contribution is 7.89. The summed E-state index contributed by atoms with van der Waals surface area (Å²) >= 11 is 0. The standard InChI is InChI=1S/C8H15N3O2S/c9-5-6-14(12,13)11-8-4-2-1-3-7(8)10/h7-8,11H,1-4,6,10H2/t7-,8-/m1/s1. The molecule has 0 amide bonds. The van der Waals surface area contributed by atoms with Crippen molar-refractivity contribution >= 4 is 10.0 Å². The minimum atomic E-state index is -3.46. The normalized spacial score (nSPS) is 28.3. The van der Waals surface area contributed by atoms with Crippen LogP contribution in [0.3, 0.4) is 0 Å². The molecule has 5 nitrogen and oxygen atoms in total. The van der Waals surface area contributed by atoms with Crippen LogP contribution in [0.5, 0.6) is 0 Å². The van der Waals surface area contributed by atoms with Crippen molar-refractivity contribution in [2.45, 2.75) is 37.8 Å². The van der Waals surface area contributed by atoms with Gasteiger partial charge in [0.15, 0.2) is 5.75 Å². The van der Waals surface area contributed by atoms with E-state index in [-0.39, 0.29) is 12.1 Å². The molecule has 0 unspecified atom stereocenters. The van der Waals surface area contributed by atoms with Gasteiger partial charge in [0.1, 0.15) is 0 Å². The van der Waals surface area contributed by atoms with E-state index in [0.717, 1.165) is 25.7 Å². The fourth-order valence-electron chi connectivity index (χ4n) is 1.66. The Morgan fingerprint density at radius 2 is 2.07 bits per heavy atom. The first-order chi connectivity index (χ1) is 6.55. The lowest BCUT2D eigenvalue weighted by atomic mass is 9.92. The van der Waals surface area contributed by atoms with Gasteiger partial charge in [-0.15, -0.1) is 0 Å². The van der Waals surface area contributed by atoms with Gasteiger partial charge in [-0.2, -0.15) is 5.26 Å². The average molecular weight is 217 g/mol. The van der Waals surface area contributed by atoms with Gasteiger partial charge in [0, 0.05) is 12.1 Å². The summed E-state index contributed by atoms with van der Waals surface area (Å²) in [7, 11) is -3.46. The second-order valence-corrected chi connectivity index (χ2v) is 5.34. The molecule has 1 aliphatic rings. The van der Waals surface area contributed by atoms with Crippen LogP contribution in [0.15, 0.2) is 0 Å². The SMILES string of the molecule is N#CCS(=O)(=O)N[C@@H]1CCCC[C@H]1N. The third-order valence-electron chi connectivity index (χ3n) is 2.40. The van der Waals surface area contributed by atoms with Crippen LogP contribution in [0.4, 0.5) is 0 Å². The van der Waals surface area contributed by atoms with Gasteiger partial charge in [-0.3, -0.25) is 0 Å². The molecular weight excluding hydrogens is 202 g/mol. The van der Waals surface area contributed by atoms with Crippen molar-refractivity contribution in [3.05, 3.63) is 0 Å². The maximum absolute atomic E-state index is 11.3. The van der Waals surface area contributed by atoms with Gasteiger partial charge >= 0.3 is 0 Å². The molecule has 80 valence electrons. The van der Waals surface area contributed by atoms with Crippen LogP contribution in [-0.4, -0.2) is 26.3 Å². The van der Waals surface area contributed by atoms with E-state index in [0.29, 0.717) is 0 Å². The van der Waals surface area contributed by atoms with Crippen LogP contribution in [0.2, 0.25) is 0 Å². The smallest absolute Gasteiger partial charge is 0.225 e. The first-order valence-electron chi connectivity index (χ1n) is 4.68. The van der Waals surface area contributed by atoms with E-state index in [4.69, 9.17) is 11.0 Å². The Bertz CT molecular complexity index is 320. The van der Waals surface area contributed by atoms with E-state index in [1.54, 1.807) is 6.07 Å². The zero-order chi connectivity index (χ0) is 10.6. The molecule has 6 heteroatoms. The first-order valence-corrected chi connectivity index (χ1v) is 6.33. The topological polar surface area (TPSA) is 96.0 Å². The monoisotopic (exact) mass is 217 g/mol. The lowest BCUT2D eigenvalue weighted by Gasteiger charge is -2.28. The quantitative estimate of drug-likeness (QED) is 0.678. The van der Waals surface area contributed by atoms with Crippen LogP contribution in [0.25, 0.3) is 0 Å². The predicted molar refractivity (Wildman–Crippen MR) is 52.8 cm³/mol. The molecule has 14 heavy (non-hydrogen) atoms. The summed E-state index contributed by atoms with van der Waals surface area (Å²) < 4.78 is 25.0. The number of nitrogens with one attached hydrogen (secondary N) is 1. The molecular formula is C8H15N3O2S. The minimum absolute atomic E-state index is 0.114. The van der Waals surface area contributed by atoms with Gasteiger partial charge in [-0.1, -0.05) is 12.8 Å². The van der Waals surface area contributed by atoms with Gasteiger partial charge in [-0.25, -0.2) is 13.1 Å². The van der Waals surface area contributed by atoms with Crippen LogP contribution < -0.4 is 10.5 Å². The number of nitriles is 1. The highest BCUT2D eigenvalue weighted by atomic mass is 32.2. The maximum atomic E-state index is 11.3. The number of nitrogens with two attached hydrogens (primary N) is 1. The van der Waals surface area contributed by atoms with Crippen molar-refractivity contribution in [1.29, 1.82) is 5.26 Å². The Labute approximate surface area is 84.3 Å². The molecule has 3 N–H and O–H groups in total. The Hall–Kier alpha value is -0.640. The van der Waals surface area contributed by atoms with E-state index in [1.165, 1.54) is 0 Å². The summed E-state index contributed by atoms with van der Waals surface area (Å²) in [4.78, 5) is 0. The highest BCUT2D eigenvalue weighted by Gasteiger charge is 2.25. The zero-order valence-corrected chi connectivity index (χ0v) is 8.76. The van der Waals surface area contributed by atoms with Crippen LogP contribution in [-0.2, 0) is 10.0 Å². The van der Waals surface area contributed by atoms with E-state index >= 15 is 0 Å². The molecule has 0 heterocycles. The highest BCUT2D eigenvalue weighted by Crippen LogP contribution is 2.17. The lowest BCUT2D eigenvalue weighted by molar-refractivity contribution is 0.361. The minimum Gasteiger partial charge on any atom is -0.326 e. The zero-order valence-electron chi connectivity index (χ0n) is 7.94. The molecule has 0 aliphatic heterocycles. The molecule has 0 spiro atoms. The van der Waals surface area contributed by atoms with Crippen molar-refractivity contribution in [1.82, 2.24) is 4.72 Å². The van der Waals surface area contributed by atoms with E-state index in [2.05, 4.69) is 4.72 Å². The van der Waals surface area contributed by atoms with Crippen molar-refractivity contribution in [3.63, 3.8) is 0 Å². The van der Waals surface area contributed by atoms with Crippen LogP contribution >= 0.6 is 0 Å². The summed E-state index contributed by atoms with van der Waals surface area (Å²) in [5, 5.41) is 8.30. The molecule has 0 aromatic heterocycles. The molecule has 1 aliphatic carbocycles. The number of hydrogen-bond acceptors (Lipinski definition) is 4. The number of nitrogens with zero attached hydrogens (tertiary/aromatic N) is 1. The van der Waals surface area contributed by atoms with Crippen molar-refractivity contribution in [2.75, 3.05) is 5.75 Å². The molecule has 0 radical (unpaired) electrons. The molecule has 0 saturated heterocycles. The third kappa shape index (κ3) is 3.25. The Balaban J connectivity index is 2.55. The van der Waals surface area contributed by atoms with E-state index in [1.807, 2.05) is 0 Å². The Kier molecular flexibility index (Phi) is 3.86. The second-order valence-electron chi connectivity index (χ2n) is 3.59. The Morgan fingerprint density at radius 1 is 1.43 bits per heavy atom. The van der Waals surface area contributed by atoms with Crippen molar-refractivity contribution in [3.8, 4) is 6.07 Å². The van der Waals surface area contributed by atoms with Gasteiger partial charge in [0.05, 0.1) is 6.07 Å². The molecule has 0 bridgehead atoms. The fraction of sp³-hybridized carbons (Fsp3) is 0.875. The predicted octanol–water partition coefficient (Wildman–Crippen LogP) is -0.301.